The van der Waals surface area contributed by atoms with Gasteiger partial charge in [0.15, 0.2) is 0 Å². The van der Waals surface area contributed by atoms with E-state index >= 15 is 0 Å². The predicted molar refractivity (Wildman–Crippen MR) is 141 cm³/mol. The summed E-state index contributed by atoms with van der Waals surface area (Å²) >= 11 is 0. The summed E-state index contributed by atoms with van der Waals surface area (Å²) in [5.74, 6) is -0.275. The molecule has 0 bridgehead atoms. The first-order chi connectivity index (χ1) is 18.4. The molecule has 1 aromatic carbocycles. The smallest absolute Gasteiger partial charge is 0.408 e. The lowest BCUT2D eigenvalue weighted by Gasteiger charge is -2.33. The maximum atomic E-state index is 13.8. The first kappa shape index (κ1) is 27.4. The number of benzene rings is 1. The van der Waals surface area contributed by atoms with E-state index in [9.17, 15) is 24.0 Å². The number of hydrogen-bond donors (Lipinski definition) is 1. The lowest BCUT2D eigenvalue weighted by Crippen LogP contribution is -2.57. The standard InChI is InChI=1S/C29H38FN5O4/c1-16-10-25(27(37)34(16)23-9-6-17-11-19(30)7-8-21(17)23)33(5)15-22(32-28(38)39-29(2,3)4)26(36)35-20(14-31)12-18-13-24(18)35/h7-8,11,16,18,20,22-25H,6,9-10,12-13,15H2,1-5H3,(H,32,38)/t16-,18?,20?,22?,23+,24?,25?/m1/s1. The number of carbonyl (C=O) groups excluding carboxylic acids is 3. The molecule has 2 saturated heterocycles. The maximum Gasteiger partial charge on any atom is 0.408 e. The normalized spacial score (nSPS) is 30.2. The second-order valence-electron chi connectivity index (χ2n) is 12.6. The Balaban J connectivity index is 1.32. The molecule has 2 aliphatic carbocycles. The minimum atomic E-state index is -0.965. The second-order valence-corrected chi connectivity index (χ2v) is 12.6. The Hall–Kier alpha value is -3.19. The molecule has 5 rings (SSSR count). The van der Waals surface area contributed by atoms with Gasteiger partial charge in [-0.25, -0.2) is 9.18 Å². The van der Waals surface area contributed by atoms with E-state index in [1.807, 2.05) is 16.7 Å². The highest BCUT2D eigenvalue weighted by molar-refractivity contribution is 5.88. The van der Waals surface area contributed by atoms with Gasteiger partial charge in [-0.3, -0.25) is 14.5 Å². The number of aryl methyl sites for hydroxylation is 1. The van der Waals surface area contributed by atoms with Crippen LogP contribution in [0.1, 0.15) is 70.5 Å². The number of alkyl carbamates (subject to hydrolysis) is 1. The van der Waals surface area contributed by atoms with Gasteiger partial charge in [0.25, 0.3) is 0 Å². The number of nitrogens with one attached hydrogen (secondary N) is 1. The van der Waals surface area contributed by atoms with Gasteiger partial charge in [0.1, 0.15) is 23.5 Å². The molecular weight excluding hydrogens is 501 g/mol. The second kappa shape index (κ2) is 10.1. The van der Waals surface area contributed by atoms with Crippen LogP contribution in [0.15, 0.2) is 18.2 Å². The van der Waals surface area contributed by atoms with Crippen LogP contribution in [0.5, 0.6) is 0 Å². The van der Waals surface area contributed by atoms with Gasteiger partial charge in [0.05, 0.1) is 18.2 Å². The molecule has 1 aromatic rings. The number of carbonyl (C=O) groups is 3. The quantitative estimate of drug-likeness (QED) is 0.596. The highest BCUT2D eigenvalue weighted by atomic mass is 19.1. The van der Waals surface area contributed by atoms with Crippen LogP contribution in [-0.2, 0) is 20.7 Å². The summed E-state index contributed by atoms with van der Waals surface area (Å²) in [6.45, 7) is 7.37. The number of fused-ring (bicyclic) bond motifs is 2. The van der Waals surface area contributed by atoms with E-state index in [1.54, 1.807) is 44.9 Å². The van der Waals surface area contributed by atoms with Gasteiger partial charge in [0, 0.05) is 18.6 Å². The number of hydrogen-bond acceptors (Lipinski definition) is 6. The first-order valence-corrected chi connectivity index (χ1v) is 13.9. The third-order valence-electron chi connectivity index (χ3n) is 8.57. The average molecular weight is 540 g/mol. The molecular formula is C29H38FN5O4. The molecule has 1 N–H and O–H groups in total. The van der Waals surface area contributed by atoms with Crippen LogP contribution >= 0.6 is 0 Å². The lowest BCUT2D eigenvalue weighted by molar-refractivity contribution is -0.138. The van der Waals surface area contributed by atoms with E-state index in [4.69, 9.17) is 4.74 Å². The van der Waals surface area contributed by atoms with E-state index in [2.05, 4.69) is 11.4 Å². The fourth-order valence-electron chi connectivity index (χ4n) is 6.73. The Morgan fingerprint density at radius 1 is 1.28 bits per heavy atom. The molecule has 5 unspecified atom stereocenters. The summed E-state index contributed by atoms with van der Waals surface area (Å²) in [4.78, 5) is 45.6. The minimum Gasteiger partial charge on any atom is -0.444 e. The van der Waals surface area contributed by atoms with Crippen molar-refractivity contribution in [1.29, 1.82) is 5.26 Å². The summed E-state index contributed by atoms with van der Waals surface area (Å²) in [5.41, 5.74) is 1.20. The molecule has 2 aliphatic heterocycles. The van der Waals surface area contributed by atoms with Crippen LogP contribution in [0, 0.1) is 23.1 Å². The van der Waals surface area contributed by atoms with Gasteiger partial charge in [-0.1, -0.05) is 6.07 Å². The lowest BCUT2D eigenvalue weighted by atomic mass is 10.1. The number of likely N-dealkylation sites (tertiary alicyclic amines) is 2. The highest BCUT2D eigenvalue weighted by Crippen LogP contribution is 2.48. The van der Waals surface area contributed by atoms with Crippen molar-refractivity contribution in [3.63, 3.8) is 0 Å². The maximum absolute atomic E-state index is 13.8. The number of ether oxygens (including phenoxy) is 1. The van der Waals surface area contributed by atoms with Crippen LogP contribution in [0.3, 0.4) is 0 Å². The van der Waals surface area contributed by atoms with E-state index in [0.29, 0.717) is 18.8 Å². The first-order valence-electron chi connectivity index (χ1n) is 13.9. The number of nitrogens with zero attached hydrogens (tertiary/aromatic N) is 4. The van der Waals surface area contributed by atoms with Crippen LogP contribution in [0.25, 0.3) is 0 Å². The van der Waals surface area contributed by atoms with Crippen molar-refractivity contribution in [2.75, 3.05) is 13.6 Å². The molecule has 39 heavy (non-hydrogen) atoms. The highest BCUT2D eigenvalue weighted by Gasteiger charge is 2.55. The van der Waals surface area contributed by atoms with Crippen molar-refractivity contribution < 1.29 is 23.5 Å². The Morgan fingerprint density at radius 2 is 2.03 bits per heavy atom. The summed E-state index contributed by atoms with van der Waals surface area (Å²) in [6, 6.07) is 4.97. The summed E-state index contributed by atoms with van der Waals surface area (Å²) in [6.07, 6.45) is 2.87. The third-order valence-corrected chi connectivity index (χ3v) is 8.57. The number of piperidine rings is 1. The number of rotatable bonds is 6. The third kappa shape index (κ3) is 5.33. The molecule has 210 valence electrons. The Labute approximate surface area is 229 Å². The molecule has 10 heteroatoms. The SMILES string of the molecule is C[C@@H]1CC(N(C)CC(NC(=O)OC(C)(C)C)C(=O)N2C(C#N)CC3CC32)C(=O)N1[C@H]1CCc2cc(F)ccc21. The average Bonchev–Trinajstić information content (AvgIpc) is 3.17. The predicted octanol–water partition coefficient (Wildman–Crippen LogP) is 3.14. The van der Waals surface area contributed by atoms with Crippen molar-refractivity contribution in [2.24, 2.45) is 5.92 Å². The number of amides is 3. The molecule has 1 saturated carbocycles. The Bertz CT molecular complexity index is 1210. The molecule has 0 aromatic heterocycles. The van der Waals surface area contributed by atoms with Crippen molar-refractivity contribution in [3.05, 3.63) is 35.1 Å². The van der Waals surface area contributed by atoms with Crippen molar-refractivity contribution in [3.8, 4) is 6.07 Å². The fourth-order valence-corrected chi connectivity index (χ4v) is 6.73. The topological polar surface area (TPSA) is 106 Å². The number of nitriles is 1. The van der Waals surface area contributed by atoms with Crippen molar-refractivity contribution in [2.45, 2.75) is 102 Å². The number of likely N-dealkylation sites (N-methyl/N-ethyl adjacent to an activating group) is 1. The van der Waals surface area contributed by atoms with Crippen LogP contribution in [0.2, 0.25) is 0 Å². The van der Waals surface area contributed by atoms with Gasteiger partial charge in [-0.05, 0) is 96.0 Å². The van der Waals surface area contributed by atoms with Gasteiger partial charge in [-0.2, -0.15) is 5.26 Å². The van der Waals surface area contributed by atoms with E-state index < -0.39 is 29.8 Å². The Kier molecular flexibility index (Phi) is 7.08. The molecule has 0 spiro atoms. The van der Waals surface area contributed by atoms with Crippen molar-refractivity contribution in [1.82, 2.24) is 20.0 Å². The van der Waals surface area contributed by atoms with Gasteiger partial charge in [0.2, 0.25) is 11.8 Å². The zero-order valence-electron chi connectivity index (χ0n) is 23.3. The number of halogens is 1. The summed E-state index contributed by atoms with van der Waals surface area (Å²) < 4.78 is 19.2. The molecule has 3 amide bonds. The van der Waals surface area contributed by atoms with Gasteiger partial charge >= 0.3 is 6.09 Å². The van der Waals surface area contributed by atoms with E-state index in [1.165, 1.54) is 6.07 Å². The van der Waals surface area contributed by atoms with Crippen LogP contribution in [-0.4, -0.2) is 82.0 Å². The molecule has 4 aliphatic rings. The van der Waals surface area contributed by atoms with Crippen LogP contribution < -0.4 is 5.32 Å². The molecule has 9 nitrogen and oxygen atoms in total. The monoisotopic (exact) mass is 539 g/mol. The zero-order valence-corrected chi connectivity index (χ0v) is 23.3. The fraction of sp³-hybridized carbons (Fsp3) is 0.655. The molecule has 2 heterocycles. The molecule has 3 fully saturated rings. The van der Waals surface area contributed by atoms with Crippen LogP contribution in [0.4, 0.5) is 9.18 Å². The van der Waals surface area contributed by atoms with E-state index in [-0.39, 0.29) is 42.3 Å². The van der Waals surface area contributed by atoms with E-state index in [0.717, 1.165) is 30.4 Å². The van der Waals surface area contributed by atoms with Crippen molar-refractivity contribution >= 4 is 17.9 Å². The van der Waals surface area contributed by atoms with Gasteiger partial charge < -0.3 is 19.9 Å². The molecule has 0 radical (unpaired) electrons. The minimum absolute atomic E-state index is 0.0334. The van der Waals surface area contributed by atoms with Gasteiger partial charge in [-0.15, -0.1) is 0 Å². The zero-order chi connectivity index (χ0) is 28.2. The summed E-state index contributed by atoms with van der Waals surface area (Å²) in [5, 5.41) is 12.4. The Morgan fingerprint density at radius 3 is 2.72 bits per heavy atom. The summed E-state index contributed by atoms with van der Waals surface area (Å²) in [7, 11) is 1.79. The molecule has 7 atom stereocenters. The largest absolute Gasteiger partial charge is 0.444 e.